The molecule has 0 saturated heterocycles. The minimum Gasteiger partial charge on any atom is -0.298 e. The van der Waals surface area contributed by atoms with E-state index in [1.165, 1.54) is 18.2 Å². The number of carbonyl (C=O) groups is 2. The van der Waals surface area contributed by atoms with E-state index in [1.54, 1.807) is 12.1 Å². The summed E-state index contributed by atoms with van der Waals surface area (Å²) in [6.45, 7) is 1.85. The molecule has 2 unspecified atom stereocenters. The maximum atomic E-state index is 13.8. The fraction of sp³-hybridized carbons (Fsp3) is 0.263. The van der Waals surface area contributed by atoms with Crippen molar-refractivity contribution in [1.82, 2.24) is 0 Å². The lowest BCUT2D eigenvalue weighted by Gasteiger charge is -2.13. The zero-order chi connectivity index (χ0) is 16.6. The summed E-state index contributed by atoms with van der Waals surface area (Å²) >= 11 is 0. The third-order valence-corrected chi connectivity index (χ3v) is 4.47. The van der Waals surface area contributed by atoms with Crippen LogP contribution in [0.4, 0.5) is 8.78 Å². The van der Waals surface area contributed by atoms with Crippen molar-refractivity contribution in [3.8, 4) is 0 Å². The fourth-order valence-corrected chi connectivity index (χ4v) is 3.24. The molecule has 0 heterocycles. The molecule has 1 fully saturated rings. The predicted octanol–water partition coefficient (Wildman–Crippen LogP) is 3.76. The number of Topliss-reactive ketones (excluding diaryl/α,β-unsaturated/α-hetero) is 2. The molecule has 1 aliphatic carbocycles. The average Bonchev–Trinajstić information content (AvgIpc) is 2.78. The van der Waals surface area contributed by atoms with Crippen molar-refractivity contribution in [1.29, 1.82) is 0 Å². The number of aryl methyl sites for hydroxylation is 1. The molecule has 4 heteroatoms. The van der Waals surface area contributed by atoms with Crippen LogP contribution in [-0.2, 0) is 16.0 Å². The van der Waals surface area contributed by atoms with Gasteiger partial charge in [-0.1, -0.05) is 30.3 Å². The van der Waals surface area contributed by atoms with Crippen molar-refractivity contribution in [2.45, 2.75) is 25.7 Å². The molecule has 0 bridgehead atoms. The first-order valence-corrected chi connectivity index (χ1v) is 7.54. The summed E-state index contributed by atoms with van der Waals surface area (Å²) in [6.07, 6.45) is -0.0446. The second-order valence-corrected chi connectivity index (χ2v) is 5.96. The number of hydrogen-bond donors (Lipinski definition) is 0. The molecule has 3 rings (SSSR count). The number of halogens is 2. The van der Waals surface area contributed by atoms with Crippen molar-refractivity contribution < 1.29 is 18.4 Å². The van der Waals surface area contributed by atoms with E-state index in [2.05, 4.69) is 0 Å². The van der Waals surface area contributed by atoms with Gasteiger partial charge in [0, 0.05) is 17.9 Å². The molecule has 0 amide bonds. The molecule has 2 nitrogen and oxygen atoms in total. The summed E-state index contributed by atoms with van der Waals surface area (Å²) in [4.78, 5) is 24.9. The van der Waals surface area contributed by atoms with Crippen molar-refractivity contribution in [3.05, 3.63) is 70.8 Å². The van der Waals surface area contributed by atoms with Crippen molar-refractivity contribution in [3.63, 3.8) is 0 Å². The summed E-state index contributed by atoms with van der Waals surface area (Å²) in [5.41, 5.74) is 1.44. The van der Waals surface area contributed by atoms with Crippen molar-refractivity contribution >= 4 is 11.6 Å². The number of rotatable bonds is 3. The second-order valence-electron chi connectivity index (χ2n) is 5.96. The van der Waals surface area contributed by atoms with Crippen LogP contribution in [0.3, 0.4) is 0 Å². The van der Waals surface area contributed by atoms with E-state index in [9.17, 15) is 18.4 Å². The van der Waals surface area contributed by atoms with Gasteiger partial charge >= 0.3 is 0 Å². The third-order valence-electron chi connectivity index (χ3n) is 4.47. The van der Waals surface area contributed by atoms with Gasteiger partial charge in [0.1, 0.15) is 23.3 Å². The highest BCUT2D eigenvalue weighted by molar-refractivity contribution is 6.14. The molecular weight excluding hydrogens is 298 g/mol. The minimum absolute atomic E-state index is 0.0333. The maximum absolute atomic E-state index is 13.8. The van der Waals surface area contributed by atoms with Crippen LogP contribution < -0.4 is 0 Å². The SMILES string of the molecule is Cc1ccccc1C1C(=O)CC(Cc2c(F)cccc2F)C1=O. The van der Waals surface area contributed by atoms with Gasteiger partial charge in [0.25, 0.3) is 0 Å². The van der Waals surface area contributed by atoms with Crippen molar-refractivity contribution in [2.24, 2.45) is 5.92 Å². The number of benzene rings is 2. The van der Waals surface area contributed by atoms with Crippen LogP contribution in [0.15, 0.2) is 42.5 Å². The Labute approximate surface area is 133 Å². The summed E-state index contributed by atoms with van der Waals surface area (Å²) in [5.74, 6) is -3.25. The lowest BCUT2D eigenvalue weighted by Crippen LogP contribution is -2.18. The van der Waals surface area contributed by atoms with E-state index in [0.717, 1.165) is 5.56 Å². The average molecular weight is 314 g/mol. The van der Waals surface area contributed by atoms with Crippen molar-refractivity contribution in [2.75, 3.05) is 0 Å². The molecule has 0 spiro atoms. The summed E-state index contributed by atoms with van der Waals surface area (Å²) < 4.78 is 27.6. The van der Waals surface area contributed by atoms with Gasteiger partial charge in [-0.2, -0.15) is 0 Å². The Bertz CT molecular complexity index is 762. The monoisotopic (exact) mass is 314 g/mol. The third kappa shape index (κ3) is 2.81. The number of hydrogen-bond acceptors (Lipinski definition) is 2. The zero-order valence-electron chi connectivity index (χ0n) is 12.7. The maximum Gasteiger partial charge on any atom is 0.151 e. The van der Waals surface area contributed by atoms with E-state index in [1.807, 2.05) is 19.1 Å². The lowest BCUT2D eigenvalue weighted by atomic mass is 9.89. The standard InChI is InChI=1S/C19H16F2O2/c1-11-5-2-3-6-13(11)18-17(22)10-12(19(18)23)9-14-15(20)7-4-8-16(14)21/h2-8,12,18H,9-10H2,1H3. The summed E-state index contributed by atoms with van der Waals surface area (Å²) in [6, 6.07) is 10.9. The highest BCUT2D eigenvalue weighted by atomic mass is 19.1. The van der Waals surface area contributed by atoms with E-state index < -0.39 is 23.5 Å². The number of carbonyl (C=O) groups excluding carboxylic acids is 2. The van der Waals surface area contributed by atoms with Crippen LogP contribution in [0, 0.1) is 24.5 Å². The van der Waals surface area contributed by atoms with E-state index >= 15 is 0 Å². The van der Waals surface area contributed by atoms with Gasteiger partial charge in [-0.3, -0.25) is 9.59 Å². The van der Waals surface area contributed by atoms with E-state index in [0.29, 0.717) is 5.56 Å². The molecule has 1 saturated carbocycles. The largest absolute Gasteiger partial charge is 0.298 e. The van der Waals surface area contributed by atoms with Crippen LogP contribution >= 0.6 is 0 Å². The molecule has 0 radical (unpaired) electrons. The van der Waals surface area contributed by atoms with Gasteiger partial charge in [0.2, 0.25) is 0 Å². The van der Waals surface area contributed by atoms with Crippen LogP contribution in [-0.4, -0.2) is 11.6 Å². The van der Waals surface area contributed by atoms with Gasteiger partial charge in [-0.15, -0.1) is 0 Å². The van der Waals surface area contributed by atoms with Gasteiger partial charge < -0.3 is 0 Å². The normalized spacial score (nSPS) is 21.0. The molecule has 118 valence electrons. The first-order valence-electron chi connectivity index (χ1n) is 7.54. The zero-order valence-corrected chi connectivity index (χ0v) is 12.7. The molecular formula is C19H16F2O2. The first kappa shape index (κ1) is 15.5. The smallest absolute Gasteiger partial charge is 0.151 e. The lowest BCUT2D eigenvalue weighted by molar-refractivity contribution is -0.124. The highest BCUT2D eigenvalue weighted by Gasteiger charge is 2.42. The predicted molar refractivity (Wildman–Crippen MR) is 82.1 cm³/mol. The van der Waals surface area contributed by atoms with E-state index in [-0.39, 0.29) is 30.0 Å². The van der Waals surface area contributed by atoms with Crippen LogP contribution in [0.25, 0.3) is 0 Å². The van der Waals surface area contributed by atoms with E-state index in [4.69, 9.17) is 0 Å². The van der Waals surface area contributed by atoms with Crippen LogP contribution in [0.5, 0.6) is 0 Å². The highest BCUT2D eigenvalue weighted by Crippen LogP contribution is 2.36. The Kier molecular flexibility index (Phi) is 4.07. The molecule has 0 aliphatic heterocycles. The fourth-order valence-electron chi connectivity index (χ4n) is 3.24. The van der Waals surface area contributed by atoms with Gasteiger partial charge in [-0.05, 0) is 36.6 Å². The molecule has 2 aromatic rings. The van der Waals surface area contributed by atoms with Gasteiger partial charge in [0.05, 0.1) is 0 Å². The van der Waals surface area contributed by atoms with Crippen LogP contribution in [0.2, 0.25) is 0 Å². The summed E-state index contributed by atoms with van der Waals surface area (Å²) in [7, 11) is 0. The summed E-state index contributed by atoms with van der Waals surface area (Å²) in [5, 5.41) is 0. The molecule has 0 aromatic heterocycles. The Morgan fingerprint density at radius 1 is 1.00 bits per heavy atom. The molecule has 0 N–H and O–H groups in total. The quantitative estimate of drug-likeness (QED) is 0.809. The second kappa shape index (κ2) is 6.03. The van der Waals surface area contributed by atoms with Gasteiger partial charge in [0.15, 0.2) is 5.78 Å². The Balaban J connectivity index is 1.89. The molecule has 2 aromatic carbocycles. The topological polar surface area (TPSA) is 34.1 Å². The minimum atomic E-state index is -0.809. The Morgan fingerprint density at radius 2 is 1.65 bits per heavy atom. The number of ketones is 2. The molecule has 1 aliphatic rings. The Morgan fingerprint density at radius 3 is 2.30 bits per heavy atom. The molecule has 2 atom stereocenters. The first-order chi connectivity index (χ1) is 11.0. The van der Waals surface area contributed by atoms with Crippen LogP contribution in [0.1, 0.15) is 29.0 Å². The van der Waals surface area contributed by atoms with Gasteiger partial charge in [-0.25, -0.2) is 8.78 Å². The molecule has 23 heavy (non-hydrogen) atoms. The Hall–Kier alpha value is -2.36.